The molecule has 5 rings (SSSR count). The van der Waals surface area contributed by atoms with Gasteiger partial charge in [-0.15, -0.1) is 11.3 Å². The van der Waals surface area contributed by atoms with Crippen LogP contribution in [0.15, 0.2) is 40.2 Å². The summed E-state index contributed by atoms with van der Waals surface area (Å²) in [6, 6.07) is 7.56. The molecule has 0 spiro atoms. The molecule has 1 saturated heterocycles. The monoisotopic (exact) mass is 595 g/mol. The van der Waals surface area contributed by atoms with Crippen LogP contribution in [-0.4, -0.2) is 59.3 Å². The number of hydrogen-bond acceptors (Lipinski definition) is 8. The van der Waals surface area contributed by atoms with Gasteiger partial charge in [0.05, 0.1) is 41.6 Å². The molecule has 4 aromatic rings. The quantitative estimate of drug-likeness (QED) is 0.241. The minimum Gasteiger partial charge on any atom is -0.379 e. The molecule has 4 heterocycles. The number of rotatable bonds is 9. The Hall–Kier alpha value is -3.49. The van der Waals surface area contributed by atoms with Gasteiger partial charge in [-0.25, -0.2) is 4.39 Å². The number of alkyl halides is 4. The first-order valence-electron chi connectivity index (χ1n) is 12.9. The van der Waals surface area contributed by atoms with Crippen molar-refractivity contribution < 1.29 is 36.4 Å². The molecule has 0 aliphatic carbocycles. The average molecular weight is 596 g/mol. The Labute approximate surface area is 236 Å². The van der Waals surface area contributed by atoms with E-state index in [1.165, 1.54) is 17.4 Å². The van der Waals surface area contributed by atoms with Crippen molar-refractivity contribution in [2.24, 2.45) is 0 Å². The van der Waals surface area contributed by atoms with Crippen LogP contribution >= 0.6 is 11.3 Å². The highest BCUT2D eigenvalue weighted by Crippen LogP contribution is 2.35. The number of nitrogens with zero attached hydrogens (tertiary/aromatic N) is 3. The number of methoxy groups -OCH3 is 1. The lowest BCUT2D eigenvalue weighted by Crippen LogP contribution is -2.39. The number of halogens is 4. The third-order valence-electron chi connectivity index (χ3n) is 6.97. The second kappa shape index (κ2) is 11.4. The van der Waals surface area contributed by atoms with Crippen LogP contribution in [0.3, 0.4) is 0 Å². The van der Waals surface area contributed by atoms with E-state index in [0.29, 0.717) is 29.7 Å². The molecule has 0 radical (unpaired) electrons. The van der Waals surface area contributed by atoms with E-state index in [-0.39, 0.29) is 42.0 Å². The van der Waals surface area contributed by atoms with E-state index in [1.54, 1.807) is 36.8 Å². The maximum atomic E-state index is 14.4. The molecule has 41 heavy (non-hydrogen) atoms. The molecule has 3 aromatic heterocycles. The lowest BCUT2D eigenvalue weighted by molar-refractivity contribution is -0.139. The number of ether oxygens (including phenoxy) is 2. The predicted octanol–water partition coefficient (Wildman–Crippen LogP) is 5.67. The Bertz CT molecular complexity index is 1530. The van der Waals surface area contributed by atoms with Crippen molar-refractivity contribution >= 4 is 33.8 Å². The molecule has 2 N–H and O–H groups in total. The highest BCUT2D eigenvalue weighted by atomic mass is 32.1. The summed E-state index contributed by atoms with van der Waals surface area (Å²) in [5.74, 6) is -0.430. The molecular formula is C27H29F4N5O4S. The van der Waals surface area contributed by atoms with E-state index < -0.39 is 30.5 Å². The molecule has 2 atom stereocenters. The van der Waals surface area contributed by atoms with Gasteiger partial charge in [0.1, 0.15) is 12.7 Å². The molecular weight excluding hydrogens is 566 g/mol. The van der Waals surface area contributed by atoms with Crippen LogP contribution in [0, 0.1) is 0 Å². The van der Waals surface area contributed by atoms with Crippen molar-refractivity contribution in [2.45, 2.75) is 57.3 Å². The summed E-state index contributed by atoms with van der Waals surface area (Å²) in [6.07, 6.45) is -5.37. The lowest BCUT2D eigenvalue weighted by atomic mass is 10.1. The lowest BCUT2D eigenvalue weighted by Gasteiger charge is -2.28. The van der Waals surface area contributed by atoms with Crippen LogP contribution in [0.4, 0.5) is 23.2 Å². The zero-order chi connectivity index (χ0) is 29.4. The van der Waals surface area contributed by atoms with Gasteiger partial charge in [-0.05, 0) is 44.5 Å². The zero-order valence-electron chi connectivity index (χ0n) is 22.5. The summed E-state index contributed by atoms with van der Waals surface area (Å²) >= 11 is 1.39. The molecule has 1 amide bonds. The van der Waals surface area contributed by atoms with Gasteiger partial charge in [0, 0.05) is 35.0 Å². The highest BCUT2D eigenvalue weighted by molar-refractivity contribution is 7.10. The Kier molecular flexibility index (Phi) is 8.08. The second-order valence-corrected chi connectivity index (χ2v) is 11.1. The molecule has 1 aromatic carbocycles. The number of amides is 1. The van der Waals surface area contributed by atoms with Gasteiger partial charge in [0.25, 0.3) is 5.91 Å². The van der Waals surface area contributed by atoms with Gasteiger partial charge in [-0.3, -0.25) is 4.79 Å². The van der Waals surface area contributed by atoms with E-state index in [4.69, 9.17) is 14.0 Å². The van der Waals surface area contributed by atoms with Crippen molar-refractivity contribution in [3.8, 4) is 11.5 Å². The minimum atomic E-state index is -4.54. The number of benzene rings is 1. The van der Waals surface area contributed by atoms with E-state index in [2.05, 4.69) is 20.8 Å². The largest absolute Gasteiger partial charge is 0.406 e. The molecule has 1 aliphatic rings. The minimum absolute atomic E-state index is 0.0191. The van der Waals surface area contributed by atoms with Crippen molar-refractivity contribution in [3.63, 3.8) is 0 Å². The average Bonchev–Trinajstić information content (AvgIpc) is 3.68. The number of aromatic nitrogens is 3. The Morgan fingerprint density at radius 1 is 1.27 bits per heavy atom. The van der Waals surface area contributed by atoms with Crippen LogP contribution in [0.1, 0.15) is 41.4 Å². The molecule has 1 aliphatic heterocycles. The van der Waals surface area contributed by atoms with E-state index >= 15 is 0 Å². The third kappa shape index (κ3) is 6.39. The molecule has 1 fully saturated rings. The number of carbonyl (C=O) groups is 1. The fourth-order valence-corrected chi connectivity index (χ4v) is 5.56. The van der Waals surface area contributed by atoms with Crippen LogP contribution in [0.2, 0.25) is 0 Å². The molecule has 0 bridgehead atoms. The summed E-state index contributed by atoms with van der Waals surface area (Å²) in [7, 11) is 1.59. The van der Waals surface area contributed by atoms with E-state index in [9.17, 15) is 22.4 Å². The summed E-state index contributed by atoms with van der Waals surface area (Å²) in [5.41, 5.74) is 0.715. The van der Waals surface area contributed by atoms with Crippen LogP contribution in [-0.2, 0) is 28.2 Å². The zero-order valence-corrected chi connectivity index (χ0v) is 23.4. The standard InChI is InChI=1S/C27H29F4N5O4S/c1-26(2,38-3)22-9-15(13-41-22)25(37)32-11-23-34-24(35-40-23)21-10-16-18(33-19-7-8-39-12-17(19)28)5-4-6-20(16)36(21)14-27(29,30)31/h4-6,9-10,13,17,19,33H,7-8,11-12,14H2,1-3H3,(H,32,37)/t17-,19+/m1/s1. The first kappa shape index (κ1) is 29.0. The smallest absolute Gasteiger partial charge is 0.379 e. The van der Waals surface area contributed by atoms with E-state index in [0.717, 1.165) is 9.44 Å². The number of hydrogen-bond donors (Lipinski definition) is 2. The Morgan fingerprint density at radius 3 is 2.80 bits per heavy atom. The maximum absolute atomic E-state index is 14.4. The second-order valence-electron chi connectivity index (χ2n) is 10.2. The summed E-state index contributed by atoms with van der Waals surface area (Å²) in [5, 5.41) is 11.9. The Balaban J connectivity index is 1.39. The van der Waals surface area contributed by atoms with E-state index in [1.807, 2.05) is 13.8 Å². The van der Waals surface area contributed by atoms with Crippen molar-refractivity contribution in [3.05, 3.63) is 52.0 Å². The third-order valence-corrected chi connectivity index (χ3v) is 8.21. The van der Waals surface area contributed by atoms with Gasteiger partial charge in [0.15, 0.2) is 0 Å². The topological polar surface area (TPSA) is 103 Å². The molecule has 220 valence electrons. The van der Waals surface area contributed by atoms with Crippen molar-refractivity contribution in [1.82, 2.24) is 20.0 Å². The van der Waals surface area contributed by atoms with Gasteiger partial charge >= 0.3 is 6.18 Å². The summed E-state index contributed by atoms with van der Waals surface area (Å²) in [4.78, 5) is 17.8. The normalized spacial score (nSPS) is 18.1. The number of nitrogens with one attached hydrogen (secondary N) is 2. The van der Waals surface area contributed by atoms with Crippen molar-refractivity contribution in [1.29, 1.82) is 0 Å². The number of thiophene rings is 1. The highest BCUT2D eigenvalue weighted by Gasteiger charge is 2.32. The predicted molar refractivity (Wildman–Crippen MR) is 145 cm³/mol. The first-order valence-corrected chi connectivity index (χ1v) is 13.8. The maximum Gasteiger partial charge on any atom is 0.406 e. The SMILES string of the molecule is COC(C)(C)c1cc(C(=O)NCc2nc(-c3cc4c(N[C@H]5CCOC[C@H]5F)cccc4n3CC(F)(F)F)no2)cs1. The van der Waals surface area contributed by atoms with Crippen LogP contribution < -0.4 is 10.6 Å². The number of carbonyl (C=O) groups excluding carboxylic acids is 1. The Morgan fingerprint density at radius 2 is 2.07 bits per heavy atom. The molecule has 14 heteroatoms. The summed E-state index contributed by atoms with van der Waals surface area (Å²) < 4.78 is 72.2. The van der Waals surface area contributed by atoms with Crippen molar-refractivity contribution in [2.75, 3.05) is 25.6 Å². The first-order chi connectivity index (χ1) is 19.4. The molecule has 9 nitrogen and oxygen atoms in total. The van der Waals surface area contributed by atoms with Gasteiger partial charge in [-0.2, -0.15) is 18.2 Å². The van der Waals surface area contributed by atoms with Gasteiger partial charge in [0.2, 0.25) is 11.7 Å². The fourth-order valence-electron chi connectivity index (χ4n) is 4.57. The van der Waals surface area contributed by atoms with Gasteiger partial charge in [-0.1, -0.05) is 11.2 Å². The number of fused-ring (bicyclic) bond motifs is 1. The fraction of sp³-hybridized carbons (Fsp3) is 0.444. The van der Waals surface area contributed by atoms with Crippen LogP contribution in [0.25, 0.3) is 22.4 Å². The number of anilines is 1. The summed E-state index contributed by atoms with van der Waals surface area (Å²) in [6.45, 7) is 2.70. The van der Waals surface area contributed by atoms with Gasteiger partial charge < -0.3 is 29.2 Å². The van der Waals surface area contributed by atoms with Crippen LogP contribution in [0.5, 0.6) is 0 Å². The molecule has 0 unspecified atom stereocenters. The molecule has 0 saturated carbocycles.